The lowest BCUT2D eigenvalue weighted by Crippen LogP contribution is -2.51. The summed E-state index contributed by atoms with van der Waals surface area (Å²) in [7, 11) is 0. The third-order valence-corrected chi connectivity index (χ3v) is 3.56. The molecule has 1 saturated heterocycles. The van der Waals surface area contributed by atoms with Gasteiger partial charge in [-0.15, -0.1) is 0 Å². The maximum absolute atomic E-state index is 12.0. The number of urea groups is 1. The van der Waals surface area contributed by atoms with E-state index in [9.17, 15) is 9.59 Å². The highest BCUT2D eigenvalue weighted by molar-refractivity contribution is 6.34. The van der Waals surface area contributed by atoms with Gasteiger partial charge < -0.3 is 16.0 Å². The van der Waals surface area contributed by atoms with Crippen LogP contribution in [0.5, 0.6) is 0 Å². The van der Waals surface area contributed by atoms with Gasteiger partial charge in [-0.25, -0.2) is 4.79 Å². The second-order valence-corrected chi connectivity index (χ2v) is 5.43. The third-order valence-electron chi connectivity index (χ3n) is 3.26. The number of piperidine rings is 1. The topological polar surface area (TPSA) is 70.2 Å². The van der Waals surface area contributed by atoms with E-state index in [2.05, 4.69) is 16.0 Å². The molecule has 5 nitrogen and oxygen atoms in total. The highest BCUT2D eigenvalue weighted by Gasteiger charge is 2.23. The van der Waals surface area contributed by atoms with Crippen molar-refractivity contribution in [3.63, 3.8) is 0 Å². The van der Waals surface area contributed by atoms with Crippen molar-refractivity contribution in [1.82, 2.24) is 10.6 Å². The number of amides is 3. The van der Waals surface area contributed by atoms with Crippen molar-refractivity contribution in [3.8, 4) is 0 Å². The van der Waals surface area contributed by atoms with Crippen LogP contribution in [-0.2, 0) is 4.79 Å². The number of carbonyl (C=O) groups is 2. The van der Waals surface area contributed by atoms with Crippen molar-refractivity contribution in [2.24, 2.45) is 0 Å². The molecule has 0 bridgehead atoms. The molecule has 20 heavy (non-hydrogen) atoms. The zero-order chi connectivity index (χ0) is 14.7. The number of anilines is 1. The van der Waals surface area contributed by atoms with Crippen LogP contribution in [-0.4, -0.2) is 24.5 Å². The molecule has 0 saturated carbocycles. The van der Waals surface area contributed by atoms with Gasteiger partial charge in [0.05, 0.1) is 10.7 Å². The number of benzene rings is 1. The Balaban J connectivity index is 2.03. The maximum Gasteiger partial charge on any atom is 0.319 e. The summed E-state index contributed by atoms with van der Waals surface area (Å²) in [4.78, 5) is 23.5. The van der Waals surface area contributed by atoms with E-state index in [0.717, 1.165) is 17.5 Å². The molecular formula is C14H18ClN3O2. The molecule has 0 spiro atoms. The SMILES string of the molecule is Cc1cc(C)c(NC(=O)NC2CCCNC2=O)c(Cl)c1. The standard InChI is InChI=1S/C14H18ClN3O2/c1-8-6-9(2)12(10(15)7-8)18-14(20)17-11-4-3-5-16-13(11)19/h6-7,11H,3-5H2,1-2H3,(H,16,19)(H2,17,18,20). The molecule has 3 amide bonds. The summed E-state index contributed by atoms with van der Waals surface area (Å²) < 4.78 is 0. The second-order valence-electron chi connectivity index (χ2n) is 5.02. The van der Waals surface area contributed by atoms with E-state index in [1.165, 1.54) is 0 Å². The fourth-order valence-corrected chi connectivity index (χ4v) is 2.66. The van der Waals surface area contributed by atoms with E-state index >= 15 is 0 Å². The van der Waals surface area contributed by atoms with Crippen molar-refractivity contribution >= 4 is 29.2 Å². The van der Waals surface area contributed by atoms with Gasteiger partial charge in [0.25, 0.3) is 0 Å². The Labute approximate surface area is 123 Å². The lowest BCUT2D eigenvalue weighted by atomic mass is 10.1. The van der Waals surface area contributed by atoms with Gasteiger partial charge in [-0.1, -0.05) is 17.7 Å². The summed E-state index contributed by atoms with van der Waals surface area (Å²) in [6.45, 7) is 4.48. The molecule has 108 valence electrons. The minimum atomic E-state index is -0.478. The lowest BCUT2D eigenvalue weighted by Gasteiger charge is -2.23. The predicted octanol–water partition coefficient (Wildman–Crippen LogP) is 2.36. The Morgan fingerprint density at radius 3 is 2.80 bits per heavy atom. The number of hydrogen-bond acceptors (Lipinski definition) is 2. The van der Waals surface area contributed by atoms with Gasteiger partial charge in [-0.2, -0.15) is 0 Å². The van der Waals surface area contributed by atoms with E-state index in [1.807, 2.05) is 19.9 Å². The molecule has 0 radical (unpaired) electrons. The van der Waals surface area contributed by atoms with Crippen molar-refractivity contribution in [2.45, 2.75) is 32.7 Å². The van der Waals surface area contributed by atoms with Gasteiger partial charge in [0, 0.05) is 6.54 Å². The minimum Gasteiger partial charge on any atom is -0.354 e. The molecule has 1 atom stereocenters. The zero-order valence-corrected chi connectivity index (χ0v) is 12.3. The first-order chi connectivity index (χ1) is 9.47. The van der Waals surface area contributed by atoms with E-state index in [4.69, 9.17) is 11.6 Å². The summed E-state index contributed by atoms with van der Waals surface area (Å²) in [5.41, 5.74) is 2.49. The maximum atomic E-state index is 12.0. The number of carbonyl (C=O) groups excluding carboxylic acids is 2. The fraction of sp³-hybridized carbons (Fsp3) is 0.429. The first kappa shape index (κ1) is 14.7. The largest absolute Gasteiger partial charge is 0.354 e. The summed E-state index contributed by atoms with van der Waals surface area (Å²) in [5, 5.41) is 8.59. The normalized spacial score (nSPS) is 18.4. The summed E-state index contributed by atoms with van der Waals surface area (Å²) in [6.07, 6.45) is 1.51. The molecule has 1 aliphatic rings. The summed E-state index contributed by atoms with van der Waals surface area (Å²) in [6, 6.07) is 2.83. The van der Waals surface area contributed by atoms with Crippen LogP contribution in [0.1, 0.15) is 24.0 Å². The monoisotopic (exact) mass is 295 g/mol. The van der Waals surface area contributed by atoms with Crippen LogP contribution in [0.3, 0.4) is 0 Å². The number of hydrogen-bond donors (Lipinski definition) is 3. The van der Waals surface area contributed by atoms with Crippen LogP contribution in [0.25, 0.3) is 0 Å². The highest BCUT2D eigenvalue weighted by Crippen LogP contribution is 2.27. The smallest absolute Gasteiger partial charge is 0.319 e. The molecule has 1 aromatic rings. The molecule has 0 aromatic heterocycles. The molecule has 1 unspecified atom stereocenters. The first-order valence-corrected chi connectivity index (χ1v) is 6.97. The summed E-state index contributed by atoms with van der Waals surface area (Å²) in [5.74, 6) is -0.141. The number of halogens is 1. The Morgan fingerprint density at radius 2 is 2.15 bits per heavy atom. The first-order valence-electron chi connectivity index (χ1n) is 6.59. The van der Waals surface area contributed by atoms with Crippen LogP contribution < -0.4 is 16.0 Å². The van der Waals surface area contributed by atoms with E-state index in [1.54, 1.807) is 6.07 Å². The van der Waals surface area contributed by atoms with Gasteiger partial charge in [0.1, 0.15) is 6.04 Å². The predicted molar refractivity (Wildman–Crippen MR) is 79.1 cm³/mol. The Bertz CT molecular complexity index is 522. The molecule has 1 fully saturated rings. The average Bonchev–Trinajstić information content (AvgIpc) is 2.36. The van der Waals surface area contributed by atoms with Crippen LogP contribution in [0.2, 0.25) is 5.02 Å². The van der Waals surface area contributed by atoms with Crippen LogP contribution in [0.15, 0.2) is 12.1 Å². The van der Waals surface area contributed by atoms with Crippen molar-refractivity contribution in [1.29, 1.82) is 0 Å². The van der Waals surface area contributed by atoms with Gasteiger partial charge in [0.15, 0.2) is 0 Å². The Hall–Kier alpha value is -1.75. The zero-order valence-electron chi connectivity index (χ0n) is 11.5. The van der Waals surface area contributed by atoms with Gasteiger partial charge in [-0.3, -0.25) is 4.79 Å². The minimum absolute atomic E-state index is 0.141. The van der Waals surface area contributed by atoms with Crippen LogP contribution in [0.4, 0.5) is 10.5 Å². The van der Waals surface area contributed by atoms with E-state index in [-0.39, 0.29) is 5.91 Å². The van der Waals surface area contributed by atoms with E-state index in [0.29, 0.717) is 23.7 Å². The van der Waals surface area contributed by atoms with E-state index < -0.39 is 12.1 Å². The van der Waals surface area contributed by atoms with Crippen molar-refractivity contribution < 1.29 is 9.59 Å². The number of nitrogens with one attached hydrogen (secondary N) is 3. The molecule has 6 heteroatoms. The molecule has 1 aromatic carbocycles. The van der Waals surface area contributed by atoms with Crippen LogP contribution >= 0.6 is 11.6 Å². The Morgan fingerprint density at radius 1 is 1.40 bits per heavy atom. The van der Waals surface area contributed by atoms with Crippen molar-refractivity contribution in [3.05, 3.63) is 28.3 Å². The lowest BCUT2D eigenvalue weighted by molar-refractivity contribution is -0.124. The van der Waals surface area contributed by atoms with Crippen LogP contribution in [0, 0.1) is 13.8 Å². The number of aryl methyl sites for hydroxylation is 2. The van der Waals surface area contributed by atoms with Gasteiger partial charge >= 0.3 is 6.03 Å². The number of rotatable bonds is 2. The third kappa shape index (κ3) is 3.42. The molecule has 1 aliphatic heterocycles. The molecule has 2 rings (SSSR count). The molecule has 1 heterocycles. The van der Waals surface area contributed by atoms with Gasteiger partial charge in [0.2, 0.25) is 5.91 Å². The van der Waals surface area contributed by atoms with Gasteiger partial charge in [-0.05, 0) is 43.9 Å². The second kappa shape index (κ2) is 6.13. The summed E-state index contributed by atoms with van der Waals surface area (Å²) >= 11 is 6.13. The molecule has 0 aliphatic carbocycles. The fourth-order valence-electron chi connectivity index (χ4n) is 2.29. The molecule has 3 N–H and O–H groups in total. The quantitative estimate of drug-likeness (QED) is 0.784. The van der Waals surface area contributed by atoms with Crippen molar-refractivity contribution in [2.75, 3.05) is 11.9 Å². The average molecular weight is 296 g/mol. The molecular weight excluding hydrogens is 278 g/mol. The Kier molecular flexibility index (Phi) is 4.49. The highest BCUT2D eigenvalue weighted by atomic mass is 35.5.